The molecule has 1 aliphatic rings. The molecular weight excluding hydrogens is 256 g/mol. The molecular formula is C14H24N4O2. The second-order valence-corrected chi connectivity index (χ2v) is 6.33. The van der Waals surface area contributed by atoms with Crippen LogP contribution in [0.15, 0.2) is 6.33 Å². The highest BCUT2D eigenvalue weighted by Crippen LogP contribution is 2.35. The van der Waals surface area contributed by atoms with Crippen LogP contribution < -0.4 is 15.4 Å². The average molecular weight is 280 g/mol. The quantitative estimate of drug-likeness (QED) is 0.911. The molecule has 112 valence electrons. The molecule has 1 aromatic rings. The minimum atomic E-state index is -0.259. The molecule has 0 radical (unpaired) electrons. The molecule has 0 spiro atoms. The SMILES string of the molecule is CCOc1ncnc(N2CC(C)(C)OC(C)(C)C2)c1N. The zero-order chi connectivity index (χ0) is 15.0. The van der Waals surface area contributed by atoms with E-state index in [1.54, 1.807) is 0 Å². The number of aromatic nitrogens is 2. The Hall–Kier alpha value is -1.56. The van der Waals surface area contributed by atoms with E-state index < -0.39 is 0 Å². The van der Waals surface area contributed by atoms with Crippen LogP contribution in [0.3, 0.4) is 0 Å². The summed E-state index contributed by atoms with van der Waals surface area (Å²) in [5.41, 5.74) is 6.12. The summed E-state index contributed by atoms with van der Waals surface area (Å²) in [6.07, 6.45) is 1.49. The Kier molecular flexibility index (Phi) is 3.77. The molecule has 20 heavy (non-hydrogen) atoms. The van der Waals surface area contributed by atoms with Gasteiger partial charge in [0.05, 0.1) is 17.8 Å². The molecule has 0 saturated carbocycles. The van der Waals surface area contributed by atoms with E-state index in [0.29, 0.717) is 24.0 Å². The fraction of sp³-hybridized carbons (Fsp3) is 0.714. The third-order valence-corrected chi connectivity index (χ3v) is 3.10. The molecule has 0 atom stereocenters. The summed E-state index contributed by atoms with van der Waals surface area (Å²) in [6.45, 7) is 12.2. The minimum absolute atomic E-state index is 0.259. The fourth-order valence-corrected chi connectivity index (χ4v) is 2.81. The van der Waals surface area contributed by atoms with Gasteiger partial charge in [0.25, 0.3) is 0 Å². The number of nitrogen functional groups attached to an aromatic ring is 1. The number of nitrogens with zero attached hydrogens (tertiary/aromatic N) is 3. The summed E-state index contributed by atoms with van der Waals surface area (Å²) in [6, 6.07) is 0. The second-order valence-electron chi connectivity index (χ2n) is 6.33. The summed E-state index contributed by atoms with van der Waals surface area (Å²) in [5, 5.41) is 0. The normalized spacial score (nSPS) is 20.8. The van der Waals surface area contributed by atoms with Crippen LogP contribution in [0.5, 0.6) is 5.88 Å². The summed E-state index contributed by atoms with van der Waals surface area (Å²) in [4.78, 5) is 10.6. The van der Waals surface area contributed by atoms with Crippen LogP contribution in [0.1, 0.15) is 34.6 Å². The molecule has 1 fully saturated rings. The van der Waals surface area contributed by atoms with Crippen LogP contribution in [0.25, 0.3) is 0 Å². The lowest BCUT2D eigenvalue weighted by atomic mass is 9.99. The van der Waals surface area contributed by atoms with Gasteiger partial charge in [-0.15, -0.1) is 0 Å². The second kappa shape index (κ2) is 5.09. The van der Waals surface area contributed by atoms with Crippen molar-refractivity contribution in [3.63, 3.8) is 0 Å². The Labute approximate surface area is 120 Å². The van der Waals surface area contributed by atoms with Gasteiger partial charge in [0.1, 0.15) is 12.0 Å². The zero-order valence-corrected chi connectivity index (χ0v) is 12.9. The van der Waals surface area contributed by atoms with Gasteiger partial charge in [0, 0.05) is 13.1 Å². The van der Waals surface area contributed by atoms with Gasteiger partial charge in [-0.1, -0.05) is 0 Å². The van der Waals surface area contributed by atoms with Gasteiger partial charge in [0.2, 0.25) is 5.88 Å². The van der Waals surface area contributed by atoms with E-state index in [9.17, 15) is 0 Å². The van der Waals surface area contributed by atoms with Gasteiger partial charge >= 0.3 is 0 Å². The summed E-state index contributed by atoms with van der Waals surface area (Å²) in [7, 11) is 0. The molecule has 2 rings (SSSR count). The number of anilines is 2. The molecule has 0 unspecified atom stereocenters. The van der Waals surface area contributed by atoms with E-state index in [1.807, 2.05) is 6.92 Å². The smallest absolute Gasteiger partial charge is 0.242 e. The number of nitrogens with two attached hydrogens (primary N) is 1. The topological polar surface area (TPSA) is 73.5 Å². The van der Waals surface area contributed by atoms with Crippen LogP contribution >= 0.6 is 0 Å². The van der Waals surface area contributed by atoms with Gasteiger partial charge in [-0.05, 0) is 34.6 Å². The first kappa shape index (κ1) is 14.8. The molecule has 6 heteroatoms. The number of hydrogen-bond acceptors (Lipinski definition) is 6. The zero-order valence-electron chi connectivity index (χ0n) is 12.9. The number of morpholine rings is 1. The molecule has 1 saturated heterocycles. The van der Waals surface area contributed by atoms with Gasteiger partial charge in [0.15, 0.2) is 5.82 Å². The Morgan fingerprint density at radius 3 is 2.40 bits per heavy atom. The van der Waals surface area contributed by atoms with Crippen molar-refractivity contribution in [2.45, 2.75) is 45.8 Å². The highest BCUT2D eigenvalue weighted by Gasteiger charge is 2.39. The molecule has 2 heterocycles. The molecule has 0 aliphatic carbocycles. The van der Waals surface area contributed by atoms with Gasteiger partial charge < -0.3 is 20.1 Å². The van der Waals surface area contributed by atoms with Crippen LogP contribution in [-0.2, 0) is 4.74 Å². The Bertz CT molecular complexity index is 472. The standard InChI is InChI=1S/C14H24N4O2/c1-6-19-12-10(15)11(16-9-17-12)18-7-13(2,3)20-14(4,5)8-18/h9H,6-8,15H2,1-5H3. The molecule has 0 amide bonds. The highest BCUT2D eigenvalue weighted by molar-refractivity contribution is 5.68. The van der Waals surface area contributed by atoms with Crippen molar-refractivity contribution in [3.05, 3.63) is 6.33 Å². The first-order valence-corrected chi connectivity index (χ1v) is 6.92. The molecule has 1 aliphatic heterocycles. The van der Waals surface area contributed by atoms with Gasteiger partial charge in [-0.3, -0.25) is 0 Å². The van der Waals surface area contributed by atoms with Gasteiger partial charge in [-0.25, -0.2) is 4.98 Å². The third-order valence-electron chi connectivity index (χ3n) is 3.10. The fourth-order valence-electron chi connectivity index (χ4n) is 2.81. The van der Waals surface area contributed by atoms with E-state index in [-0.39, 0.29) is 11.2 Å². The largest absolute Gasteiger partial charge is 0.476 e. The lowest BCUT2D eigenvalue weighted by molar-refractivity contribution is -0.133. The van der Waals surface area contributed by atoms with Crippen LogP contribution in [0, 0.1) is 0 Å². The molecule has 1 aromatic heterocycles. The predicted molar refractivity (Wildman–Crippen MR) is 79.1 cm³/mol. The van der Waals surface area contributed by atoms with Crippen molar-refractivity contribution in [2.75, 3.05) is 30.3 Å². The summed E-state index contributed by atoms with van der Waals surface area (Å²) in [5.74, 6) is 1.16. The number of ether oxygens (including phenoxy) is 2. The summed E-state index contributed by atoms with van der Waals surface area (Å²) < 4.78 is 11.5. The van der Waals surface area contributed by atoms with E-state index in [1.165, 1.54) is 6.33 Å². The van der Waals surface area contributed by atoms with E-state index in [4.69, 9.17) is 15.2 Å². The lowest BCUT2D eigenvalue weighted by Crippen LogP contribution is -2.57. The van der Waals surface area contributed by atoms with Crippen molar-refractivity contribution in [2.24, 2.45) is 0 Å². The number of hydrogen-bond donors (Lipinski definition) is 1. The third kappa shape index (κ3) is 3.12. The number of rotatable bonds is 3. The van der Waals surface area contributed by atoms with Crippen molar-refractivity contribution in [1.29, 1.82) is 0 Å². The molecule has 0 bridgehead atoms. The van der Waals surface area contributed by atoms with E-state index in [2.05, 4.69) is 42.6 Å². The van der Waals surface area contributed by atoms with Crippen LogP contribution in [-0.4, -0.2) is 40.9 Å². The maximum atomic E-state index is 6.14. The van der Waals surface area contributed by atoms with Crippen molar-refractivity contribution in [1.82, 2.24) is 9.97 Å². The molecule has 0 aromatic carbocycles. The Balaban J connectivity index is 2.33. The van der Waals surface area contributed by atoms with Crippen LogP contribution in [0.4, 0.5) is 11.5 Å². The highest BCUT2D eigenvalue weighted by atomic mass is 16.5. The van der Waals surface area contributed by atoms with Crippen molar-refractivity contribution < 1.29 is 9.47 Å². The Morgan fingerprint density at radius 2 is 1.85 bits per heavy atom. The van der Waals surface area contributed by atoms with E-state index in [0.717, 1.165) is 13.1 Å². The first-order valence-electron chi connectivity index (χ1n) is 6.92. The first-order chi connectivity index (χ1) is 9.24. The minimum Gasteiger partial charge on any atom is -0.476 e. The lowest BCUT2D eigenvalue weighted by Gasteiger charge is -2.47. The van der Waals surface area contributed by atoms with E-state index >= 15 is 0 Å². The maximum absolute atomic E-state index is 6.14. The monoisotopic (exact) mass is 280 g/mol. The van der Waals surface area contributed by atoms with Crippen LogP contribution in [0.2, 0.25) is 0 Å². The van der Waals surface area contributed by atoms with Gasteiger partial charge in [-0.2, -0.15) is 4.98 Å². The Morgan fingerprint density at radius 1 is 1.25 bits per heavy atom. The molecule has 2 N–H and O–H groups in total. The van der Waals surface area contributed by atoms with Crippen molar-refractivity contribution >= 4 is 11.5 Å². The maximum Gasteiger partial charge on any atom is 0.242 e. The molecule has 6 nitrogen and oxygen atoms in total. The predicted octanol–water partition coefficient (Wildman–Crippen LogP) is 1.85. The summed E-state index contributed by atoms with van der Waals surface area (Å²) >= 11 is 0. The van der Waals surface area contributed by atoms with Crippen molar-refractivity contribution in [3.8, 4) is 5.88 Å². The average Bonchev–Trinajstić information content (AvgIpc) is 2.28.